The lowest BCUT2D eigenvalue weighted by molar-refractivity contribution is -0.136. The summed E-state index contributed by atoms with van der Waals surface area (Å²) in [5.41, 5.74) is 0.963. The number of aliphatic hydroxyl groups excluding tert-OH is 1. The number of rotatable bonds is 3. The first-order chi connectivity index (χ1) is 9.20. The maximum absolute atomic E-state index is 12.1. The second kappa shape index (κ2) is 6.84. The molecule has 1 amide bonds. The summed E-state index contributed by atoms with van der Waals surface area (Å²) < 4.78 is 6.25. The Morgan fingerprint density at radius 2 is 2.21 bits per heavy atom. The summed E-state index contributed by atoms with van der Waals surface area (Å²) in [7, 11) is 0. The molecular formula is C14H16BrNO3. The van der Waals surface area contributed by atoms with Gasteiger partial charge in [-0.05, 0) is 23.8 Å². The number of nitrogens with zero attached hydrogens (tertiary/aromatic N) is 1. The van der Waals surface area contributed by atoms with Crippen LogP contribution in [0.15, 0.2) is 34.8 Å². The molecule has 102 valence electrons. The Morgan fingerprint density at radius 3 is 2.89 bits per heavy atom. The van der Waals surface area contributed by atoms with Gasteiger partial charge in [0, 0.05) is 17.1 Å². The monoisotopic (exact) mass is 325 g/mol. The van der Waals surface area contributed by atoms with Gasteiger partial charge in [-0.1, -0.05) is 28.1 Å². The van der Waals surface area contributed by atoms with Gasteiger partial charge in [0.2, 0.25) is 5.91 Å². The molecule has 2 rings (SSSR count). The third kappa shape index (κ3) is 3.89. The average molecular weight is 326 g/mol. The molecule has 1 N–H and O–H groups in total. The zero-order valence-corrected chi connectivity index (χ0v) is 12.0. The number of hydrogen-bond donors (Lipinski definition) is 1. The predicted octanol–water partition coefficient (Wildman–Crippen LogP) is 1.68. The average Bonchev–Trinajstić information content (AvgIpc) is 2.46. The van der Waals surface area contributed by atoms with Crippen LogP contribution in [0, 0.1) is 0 Å². The van der Waals surface area contributed by atoms with Gasteiger partial charge in [-0.2, -0.15) is 0 Å². The van der Waals surface area contributed by atoms with Crippen molar-refractivity contribution in [3.63, 3.8) is 0 Å². The van der Waals surface area contributed by atoms with E-state index in [1.807, 2.05) is 24.3 Å². The van der Waals surface area contributed by atoms with Crippen molar-refractivity contribution in [3.05, 3.63) is 40.4 Å². The number of ether oxygens (including phenoxy) is 1. The predicted molar refractivity (Wildman–Crippen MR) is 76.6 cm³/mol. The molecule has 0 aromatic heterocycles. The number of carbonyl (C=O) groups is 1. The molecular weight excluding hydrogens is 310 g/mol. The number of halogens is 1. The summed E-state index contributed by atoms with van der Waals surface area (Å²) in [4.78, 5) is 13.7. The van der Waals surface area contributed by atoms with Crippen LogP contribution >= 0.6 is 15.9 Å². The van der Waals surface area contributed by atoms with Gasteiger partial charge in [-0.3, -0.25) is 4.79 Å². The zero-order chi connectivity index (χ0) is 13.7. The minimum atomic E-state index is -0.240. The van der Waals surface area contributed by atoms with Gasteiger partial charge in [0.05, 0.1) is 25.9 Å². The lowest BCUT2D eigenvalue weighted by Crippen LogP contribution is -2.49. The Labute approximate surface area is 120 Å². The van der Waals surface area contributed by atoms with Gasteiger partial charge in [0.1, 0.15) is 0 Å². The smallest absolute Gasteiger partial charge is 0.247 e. The molecule has 1 fully saturated rings. The summed E-state index contributed by atoms with van der Waals surface area (Å²) >= 11 is 3.36. The minimum absolute atomic E-state index is 0.0716. The van der Waals surface area contributed by atoms with Crippen LogP contribution in [0.2, 0.25) is 0 Å². The summed E-state index contributed by atoms with van der Waals surface area (Å²) in [6.45, 7) is 1.37. The number of benzene rings is 1. The molecule has 19 heavy (non-hydrogen) atoms. The molecule has 0 saturated carbocycles. The molecule has 1 aliphatic rings. The Morgan fingerprint density at radius 1 is 1.47 bits per heavy atom. The van der Waals surface area contributed by atoms with Gasteiger partial charge < -0.3 is 14.7 Å². The molecule has 1 aliphatic heterocycles. The van der Waals surface area contributed by atoms with Gasteiger partial charge >= 0.3 is 0 Å². The molecule has 0 aliphatic carbocycles. The number of aliphatic hydroxyl groups is 1. The zero-order valence-electron chi connectivity index (χ0n) is 10.5. The number of hydrogen-bond acceptors (Lipinski definition) is 3. The van der Waals surface area contributed by atoms with E-state index in [-0.39, 0.29) is 18.6 Å². The normalized spacial score (nSPS) is 19.9. The fourth-order valence-electron chi connectivity index (χ4n) is 1.93. The van der Waals surface area contributed by atoms with Gasteiger partial charge in [-0.15, -0.1) is 0 Å². The highest BCUT2D eigenvalue weighted by molar-refractivity contribution is 9.10. The highest BCUT2D eigenvalue weighted by Gasteiger charge is 2.24. The van der Waals surface area contributed by atoms with Crippen molar-refractivity contribution < 1.29 is 14.6 Å². The van der Waals surface area contributed by atoms with Crippen molar-refractivity contribution in [2.24, 2.45) is 0 Å². The van der Waals surface area contributed by atoms with E-state index in [1.165, 1.54) is 6.08 Å². The summed E-state index contributed by atoms with van der Waals surface area (Å²) in [6, 6.07) is 7.47. The van der Waals surface area contributed by atoms with Crippen molar-refractivity contribution in [1.29, 1.82) is 0 Å². The quantitative estimate of drug-likeness (QED) is 0.860. The van der Waals surface area contributed by atoms with Crippen LogP contribution < -0.4 is 0 Å². The Bertz CT molecular complexity index is 458. The number of morpholine rings is 1. The van der Waals surface area contributed by atoms with Crippen LogP contribution in [-0.4, -0.2) is 48.3 Å². The summed E-state index contributed by atoms with van der Waals surface area (Å²) in [5, 5.41) is 9.22. The third-order valence-electron chi connectivity index (χ3n) is 3.01. The highest BCUT2D eigenvalue weighted by atomic mass is 79.9. The van der Waals surface area contributed by atoms with E-state index in [9.17, 15) is 9.90 Å². The van der Waals surface area contributed by atoms with E-state index in [1.54, 1.807) is 11.0 Å². The van der Waals surface area contributed by atoms with Crippen LogP contribution in [-0.2, 0) is 9.53 Å². The van der Waals surface area contributed by atoms with Crippen molar-refractivity contribution in [2.75, 3.05) is 26.4 Å². The lowest BCUT2D eigenvalue weighted by Gasteiger charge is -2.33. The lowest BCUT2D eigenvalue weighted by atomic mass is 10.2. The molecule has 1 saturated heterocycles. The van der Waals surface area contributed by atoms with Gasteiger partial charge in [0.15, 0.2) is 0 Å². The van der Waals surface area contributed by atoms with Crippen LogP contribution in [0.25, 0.3) is 6.08 Å². The first kappa shape index (κ1) is 14.2. The second-order valence-electron chi connectivity index (χ2n) is 4.33. The second-order valence-corrected chi connectivity index (χ2v) is 5.24. The first-order valence-corrected chi connectivity index (χ1v) is 6.93. The topological polar surface area (TPSA) is 49.8 Å². The fourth-order valence-corrected chi connectivity index (χ4v) is 2.20. The van der Waals surface area contributed by atoms with Crippen LogP contribution in [0.1, 0.15) is 5.56 Å². The molecule has 1 aromatic carbocycles. The fraction of sp³-hybridized carbons (Fsp3) is 0.357. The van der Waals surface area contributed by atoms with E-state index in [4.69, 9.17) is 4.74 Å². The van der Waals surface area contributed by atoms with Crippen molar-refractivity contribution in [1.82, 2.24) is 4.90 Å². The minimum Gasteiger partial charge on any atom is -0.394 e. The summed E-state index contributed by atoms with van der Waals surface area (Å²) in [6.07, 6.45) is 3.32. The maximum Gasteiger partial charge on any atom is 0.247 e. The standard InChI is InChI=1S/C14H16BrNO3/c15-12-4-1-11(2-5-12)3-6-14(18)16-7-8-19-10-13(16)9-17/h1-6,13,17H,7-10H2/b6-3+. The molecule has 1 aromatic rings. The van der Waals surface area contributed by atoms with Crippen LogP contribution in [0.5, 0.6) is 0 Å². The highest BCUT2D eigenvalue weighted by Crippen LogP contribution is 2.12. The van der Waals surface area contributed by atoms with Crippen molar-refractivity contribution in [3.8, 4) is 0 Å². The van der Waals surface area contributed by atoms with Crippen LogP contribution in [0.4, 0.5) is 0 Å². The molecule has 1 atom stereocenters. The molecule has 1 heterocycles. The number of carbonyl (C=O) groups excluding carboxylic acids is 1. The maximum atomic E-state index is 12.1. The van der Waals surface area contributed by atoms with E-state index in [2.05, 4.69) is 15.9 Å². The van der Waals surface area contributed by atoms with Crippen molar-refractivity contribution in [2.45, 2.75) is 6.04 Å². The largest absolute Gasteiger partial charge is 0.394 e. The van der Waals surface area contributed by atoms with E-state index >= 15 is 0 Å². The molecule has 5 heteroatoms. The first-order valence-electron chi connectivity index (χ1n) is 6.13. The summed E-state index contributed by atoms with van der Waals surface area (Å²) in [5.74, 6) is -0.0923. The SMILES string of the molecule is O=C(/C=C/c1ccc(Br)cc1)N1CCOCC1CO. The molecule has 4 nitrogen and oxygen atoms in total. The van der Waals surface area contributed by atoms with E-state index in [0.29, 0.717) is 19.8 Å². The Kier molecular flexibility index (Phi) is 5.13. The van der Waals surface area contributed by atoms with Crippen molar-refractivity contribution >= 4 is 27.9 Å². The Hall–Kier alpha value is -1.17. The van der Waals surface area contributed by atoms with E-state index < -0.39 is 0 Å². The van der Waals surface area contributed by atoms with E-state index in [0.717, 1.165) is 10.0 Å². The van der Waals surface area contributed by atoms with Gasteiger partial charge in [-0.25, -0.2) is 0 Å². The number of amides is 1. The Balaban J connectivity index is 2.01. The molecule has 0 spiro atoms. The molecule has 0 radical (unpaired) electrons. The third-order valence-corrected chi connectivity index (χ3v) is 3.54. The molecule has 1 unspecified atom stereocenters. The van der Waals surface area contributed by atoms with Crippen LogP contribution in [0.3, 0.4) is 0 Å². The molecule has 0 bridgehead atoms. The van der Waals surface area contributed by atoms with Gasteiger partial charge in [0.25, 0.3) is 0 Å².